The SMILES string of the molecule is CN(C)c1ccc(CCC(=O)Nc2cc(Cl)ccc2-n2cncn2)cc1. The number of nitrogens with zero attached hydrogens (tertiary/aromatic N) is 4. The highest BCUT2D eigenvalue weighted by Crippen LogP contribution is 2.24. The Labute approximate surface area is 157 Å². The van der Waals surface area contributed by atoms with Crippen LogP contribution in [0.4, 0.5) is 11.4 Å². The van der Waals surface area contributed by atoms with Gasteiger partial charge >= 0.3 is 0 Å². The molecule has 0 fully saturated rings. The number of hydrogen-bond acceptors (Lipinski definition) is 4. The molecule has 6 nitrogen and oxygen atoms in total. The first-order chi connectivity index (χ1) is 12.5. The van der Waals surface area contributed by atoms with Gasteiger partial charge in [-0.2, -0.15) is 5.10 Å². The van der Waals surface area contributed by atoms with Crippen molar-refractivity contribution < 1.29 is 4.79 Å². The van der Waals surface area contributed by atoms with Gasteiger partial charge in [0.1, 0.15) is 12.7 Å². The maximum Gasteiger partial charge on any atom is 0.224 e. The van der Waals surface area contributed by atoms with Crippen molar-refractivity contribution in [1.82, 2.24) is 14.8 Å². The van der Waals surface area contributed by atoms with Crippen molar-refractivity contribution in [3.05, 3.63) is 65.7 Å². The second-order valence-electron chi connectivity index (χ2n) is 6.11. The highest BCUT2D eigenvalue weighted by molar-refractivity contribution is 6.31. The number of benzene rings is 2. The Bertz CT molecular complexity index is 875. The maximum absolute atomic E-state index is 12.4. The maximum atomic E-state index is 12.4. The Balaban J connectivity index is 1.66. The molecular formula is C19H20ClN5O. The zero-order chi connectivity index (χ0) is 18.5. The third-order valence-electron chi connectivity index (χ3n) is 3.99. The van der Waals surface area contributed by atoms with Gasteiger partial charge in [-0.05, 0) is 42.3 Å². The lowest BCUT2D eigenvalue weighted by Crippen LogP contribution is -2.14. The van der Waals surface area contributed by atoms with Gasteiger partial charge in [0.25, 0.3) is 0 Å². The number of aromatic nitrogens is 3. The van der Waals surface area contributed by atoms with Gasteiger partial charge in [0.2, 0.25) is 5.91 Å². The first-order valence-corrected chi connectivity index (χ1v) is 8.61. The summed E-state index contributed by atoms with van der Waals surface area (Å²) < 4.78 is 1.59. The standard InChI is InChI=1S/C19H20ClN5O/c1-24(2)16-7-3-14(4-8-16)5-10-19(26)23-17-11-15(20)6-9-18(17)25-13-21-12-22-25/h3-4,6-9,11-13H,5,10H2,1-2H3,(H,23,26). The zero-order valence-corrected chi connectivity index (χ0v) is 15.4. The molecule has 2 aromatic carbocycles. The van der Waals surface area contributed by atoms with Crippen molar-refractivity contribution in [2.24, 2.45) is 0 Å². The molecule has 0 bridgehead atoms. The van der Waals surface area contributed by atoms with Gasteiger partial charge in [0.05, 0.1) is 11.4 Å². The Morgan fingerprint density at radius 2 is 1.96 bits per heavy atom. The molecule has 0 saturated heterocycles. The molecule has 3 aromatic rings. The Kier molecular flexibility index (Phi) is 5.53. The fourth-order valence-corrected chi connectivity index (χ4v) is 2.74. The lowest BCUT2D eigenvalue weighted by Gasteiger charge is -2.13. The lowest BCUT2D eigenvalue weighted by atomic mass is 10.1. The monoisotopic (exact) mass is 369 g/mol. The highest BCUT2D eigenvalue weighted by atomic mass is 35.5. The van der Waals surface area contributed by atoms with Crippen molar-refractivity contribution in [1.29, 1.82) is 0 Å². The summed E-state index contributed by atoms with van der Waals surface area (Å²) in [6, 6.07) is 13.4. The van der Waals surface area contributed by atoms with Crippen LogP contribution in [0.3, 0.4) is 0 Å². The minimum atomic E-state index is -0.0784. The third-order valence-corrected chi connectivity index (χ3v) is 4.23. The van der Waals surface area contributed by atoms with Crippen molar-refractivity contribution >= 4 is 28.9 Å². The normalized spacial score (nSPS) is 10.6. The van der Waals surface area contributed by atoms with Gasteiger partial charge in [-0.3, -0.25) is 4.79 Å². The van der Waals surface area contributed by atoms with Crippen LogP contribution in [0.2, 0.25) is 5.02 Å². The minimum absolute atomic E-state index is 0.0784. The van der Waals surface area contributed by atoms with Crippen molar-refractivity contribution in [3.8, 4) is 5.69 Å². The number of nitrogens with one attached hydrogen (secondary N) is 1. The van der Waals surface area contributed by atoms with E-state index in [1.54, 1.807) is 29.2 Å². The van der Waals surface area contributed by atoms with E-state index in [0.29, 0.717) is 23.6 Å². The smallest absolute Gasteiger partial charge is 0.224 e. The van der Waals surface area contributed by atoms with E-state index < -0.39 is 0 Å². The summed E-state index contributed by atoms with van der Waals surface area (Å²) in [7, 11) is 4.00. The lowest BCUT2D eigenvalue weighted by molar-refractivity contribution is -0.116. The Morgan fingerprint density at radius 1 is 1.19 bits per heavy atom. The highest BCUT2D eigenvalue weighted by Gasteiger charge is 2.10. The van der Waals surface area contributed by atoms with Crippen LogP contribution in [0.5, 0.6) is 0 Å². The fourth-order valence-electron chi connectivity index (χ4n) is 2.57. The van der Waals surface area contributed by atoms with Gasteiger partial charge < -0.3 is 10.2 Å². The van der Waals surface area contributed by atoms with Crippen LogP contribution in [0.1, 0.15) is 12.0 Å². The average Bonchev–Trinajstić information content (AvgIpc) is 3.15. The summed E-state index contributed by atoms with van der Waals surface area (Å²) in [6.07, 6.45) is 4.06. The van der Waals surface area contributed by atoms with E-state index in [2.05, 4.69) is 15.4 Å². The molecule has 134 valence electrons. The van der Waals surface area contributed by atoms with Crippen molar-refractivity contribution in [2.45, 2.75) is 12.8 Å². The molecule has 0 unspecified atom stereocenters. The quantitative estimate of drug-likeness (QED) is 0.721. The average molecular weight is 370 g/mol. The largest absolute Gasteiger partial charge is 0.378 e. The van der Waals surface area contributed by atoms with Gasteiger partial charge in [-0.25, -0.2) is 9.67 Å². The second-order valence-corrected chi connectivity index (χ2v) is 6.55. The van der Waals surface area contributed by atoms with Gasteiger partial charge in [-0.1, -0.05) is 23.7 Å². The fraction of sp³-hybridized carbons (Fsp3) is 0.211. The van der Waals surface area contributed by atoms with E-state index in [1.807, 2.05) is 43.3 Å². The number of halogens is 1. The molecule has 0 spiro atoms. The Morgan fingerprint density at radius 3 is 2.62 bits per heavy atom. The van der Waals surface area contributed by atoms with Crippen molar-refractivity contribution in [2.75, 3.05) is 24.3 Å². The molecule has 1 aromatic heterocycles. The molecule has 0 atom stereocenters. The molecule has 0 aliphatic heterocycles. The molecule has 0 radical (unpaired) electrons. The van der Waals surface area contributed by atoms with E-state index in [-0.39, 0.29) is 5.91 Å². The molecule has 1 heterocycles. The molecule has 7 heteroatoms. The summed E-state index contributed by atoms with van der Waals surface area (Å²) in [5, 5.41) is 7.57. The van der Waals surface area contributed by atoms with Crippen LogP contribution in [0, 0.1) is 0 Å². The molecule has 1 N–H and O–H groups in total. The molecule has 3 rings (SSSR count). The van der Waals surface area contributed by atoms with E-state index in [1.165, 1.54) is 6.33 Å². The number of rotatable bonds is 6. The van der Waals surface area contributed by atoms with E-state index >= 15 is 0 Å². The molecule has 1 amide bonds. The Hall–Kier alpha value is -2.86. The predicted molar refractivity (Wildman–Crippen MR) is 104 cm³/mol. The number of carbonyl (C=O) groups is 1. The van der Waals surface area contributed by atoms with E-state index in [0.717, 1.165) is 16.9 Å². The summed E-state index contributed by atoms with van der Waals surface area (Å²) in [5.74, 6) is -0.0784. The summed E-state index contributed by atoms with van der Waals surface area (Å²) >= 11 is 6.07. The molecule has 0 aliphatic rings. The van der Waals surface area contributed by atoms with Crippen LogP contribution in [0.15, 0.2) is 55.1 Å². The van der Waals surface area contributed by atoms with Crippen molar-refractivity contribution in [3.63, 3.8) is 0 Å². The van der Waals surface area contributed by atoms with Crippen LogP contribution in [-0.2, 0) is 11.2 Å². The summed E-state index contributed by atoms with van der Waals surface area (Å²) in [6.45, 7) is 0. The predicted octanol–water partition coefficient (Wildman–Crippen LogP) is 3.56. The third kappa shape index (κ3) is 4.40. The molecule has 0 aliphatic carbocycles. The molecular weight excluding hydrogens is 350 g/mol. The minimum Gasteiger partial charge on any atom is -0.378 e. The zero-order valence-electron chi connectivity index (χ0n) is 14.7. The van der Waals surface area contributed by atoms with Crippen LogP contribution >= 0.6 is 11.6 Å². The van der Waals surface area contributed by atoms with Gasteiger partial charge in [0.15, 0.2) is 0 Å². The topological polar surface area (TPSA) is 63.1 Å². The van der Waals surface area contributed by atoms with Gasteiger partial charge in [0, 0.05) is 31.2 Å². The molecule has 0 saturated carbocycles. The number of amides is 1. The number of hydrogen-bond donors (Lipinski definition) is 1. The van der Waals surface area contributed by atoms with Crippen LogP contribution < -0.4 is 10.2 Å². The van der Waals surface area contributed by atoms with Gasteiger partial charge in [-0.15, -0.1) is 0 Å². The van der Waals surface area contributed by atoms with E-state index in [9.17, 15) is 4.79 Å². The van der Waals surface area contributed by atoms with Crippen LogP contribution in [-0.4, -0.2) is 34.8 Å². The first kappa shape index (κ1) is 17.9. The first-order valence-electron chi connectivity index (χ1n) is 8.23. The number of carbonyl (C=O) groups excluding carboxylic acids is 1. The number of anilines is 2. The second kappa shape index (κ2) is 8.01. The van der Waals surface area contributed by atoms with Crippen LogP contribution in [0.25, 0.3) is 5.69 Å². The van der Waals surface area contributed by atoms with E-state index in [4.69, 9.17) is 11.6 Å². The molecule has 26 heavy (non-hydrogen) atoms. The number of aryl methyl sites for hydroxylation is 1. The summed E-state index contributed by atoms with van der Waals surface area (Å²) in [4.78, 5) is 18.4. The summed E-state index contributed by atoms with van der Waals surface area (Å²) in [5.41, 5.74) is 3.58.